The number of urea groups is 1. The Morgan fingerprint density at radius 3 is 2.27 bits per heavy atom. The highest BCUT2D eigenvalue weighted by atomic mass is 35.5. The van der Waals surface area contributed by atoms with Crippen LogP contribution < -0.4 is 10.6 Å². The molecule has 4 aromatic rings. The minimum atomic E-state index is -4.49. The monoisotopic (exact) mass is 603 g/mol. The predicted molar refractivity (Wildman–Crippen MR) is 155 cm³/mol. The number of hydrogen-bond acceptors (Lipinski definition) is 3. The molecule has 3 aromatic carbocycles. The van der Waals surface area contributed by atoms with Gasteiger partial charge >= 0.3 is 12.2 Å². The van der Waals surface area contributed by atoms with Crippen LogP contribution in [0.2, 0.25) is 10.0 Å². The van der Waals surface area contributed by atoms with E-state index < -0.39 is 23.7 Å². The van der Waals surface area contributed by atoms with E-state index in [4.69, 9.17) is 23.2 Å². The fourth-order valence-electron chi connectivity index (χ4n) is 3.94. The van der Waals surface area contributed by atoms with Crippen molar-refractivity contribution in [2.75, 3.05) is 23.7 Å². The van der Waals surface area contributed by atoms with Gasteiger partial charge in [-0.25, -0.2) is 9.48 Å². The van der Waals surface area contributed by atoms with Crippen LogP contribution in [0.5, 0.6) is 0 Å². The lowest BCUT2D eigenvalue weighted by Gasteiger charge is -2.22. The first-order valence-corrected chi connectivity index (χ1v) is 13.4. The molecule has 0 aliphatic carbocycles. The average molecular weight is 604 g/mol. The van der Waals surface area contributed by atoms with E-state index in [1.807, 2.05) is 37.3 Å². The van der Waals surface area contributed by atoms with Gasteiger partial charge in [0.2, 0.25) is 5.91 Å². The van der Waals surface area contributed by atoms with E-state index in [1.165, 1.54) is 21.7 Å². The van der Waals surface area contributed by atoms with Crippen molar-refractivity contribution in [3.8, 4) is 16.9 Å². The van der Waals surface area contributed by atoms with Crippen LogP contribution in [0.25, 0.3) is 16.9 Å². The Labute approximate surface area is 244 Å². The van der Waals surface area contributed by atoms with Gasteiger partial charge in [-0.1, -0.05) is 66.9 Å². The molecule has 0 fully saturated rings. The summed E-state index contributed by atoms with van der Waals surface area (Å²) in [6, 6.07) is 19.5. The first-order chi connectivity index (χ1) is 19.5. The summed E-state index contributed by atoms with van der Waals surface area (Å²) in [5.74, 6) is -0.157. The number of benzene rings is 3. The topological polar surface area (TPSA) is 79.3 Å². The van der Waals surface area contributed by atoms with Gasteiger partial charge < -0.3 is 15.5 Å². The van der Waals surface area contributed by atoms with Crippen molar-refractivity contribution >= 4 is 46.6 Å². The van der Waals surface area contributed by atoms with Gasteiger partial charge in [0.15, 0.2) is 0 Å². The van der Waals surface area contributed by atoms with Crippen LogP contribution >= 0.6 is 23.2 Å². The van der Waals surface area contributed by atoms with Crippen LogP contribution in [0, 0.1) is 0 Å². The van der Waals surface area contributed by atoms with E-state index in [-0.39, 0.29) is 18.8 Å². The van der Waals surface area contributed by atoms with Crippen molar-refractivity contribution in [1.82, 2.24) is 14.7 Å². The summed E-state index contributed by atoms with van der Waals surface area (Å²) < 4.78 is 40.2. The second-order valence-electron chi connectivity index (χ2n) is 9.12. The fraction of sp³-hybridized carbons (Fsp3) is 0.207. The van der Waals surface area contributed by atoms with Crippen LogP contribution in [0.4, 0.5) is 29.5 Å². The van der Waals surface area contributed by atoms with Crippen LogP contribution in [-0.2, 0) is 11.0 Å². The zero-order chi connectivity index (χ0) is 29.6. The van der Waals surface area contributed by atoms with Crippen molar-refractivity contribution in [2.24, 2.45) is 0 Å². The minimum Gasteiger partial charge on any atom is -0.315 e. The summed E-state index contributed by atoms with van der Waals surface area (Å²) in [4.78, 5) is 27.5. The SMILES string of the molecule is CCCCN(CC(=O)Nc1cc(-c2ccccc2)nn1-c1ccc(Cl)c(Cl)c1)C(=O)Nc1ccc(C(F)(F)F)cc1. The molecule has 0 atom stereocenters. The molecule has 12 heteroatoms. The Balaban J connectivity index is 1.54. The van der Waals surface area contributed by atoms with E-state index in [1.54, 1.807) is 24.3 Å². The van der Waals surface area contributed by atoms with Crippen LogP contribution in [0.15, 0.2) is 78.9 Å². The molecule has 4 rings (SSSR count). The lowest BCUT2D eigenvalue weighted by Crippen LogP contribution is -2.41. The molecule has 214 valence electrons. The van der Waals surface area contributed by atoms with Crippen LogP contribution in [-0.4, -0.2) is 39.7 Å². The van der Waals surface area contributed by atoms with E-state index in [0.29, 0.717) is 33.7 Å². The largest absolute Gasteiger partial charge is 0.416 e. The summed E-state index contributed by atoms with van der Waals surface area (Å²) in [7, 11) is 0. The van der Waals surface area contributed by atoms with Crippen molar-refractivity contribution in [2.45, 2.75) is 25.9 Å². The number of nitrogens with one attached hydrogen (secondary N) is 2. The molecular weight excluding hydrogens is 578 g/mol. The highest BCUT2D eigenvalue weighted by molar-refractivity contribution is 6.42. The Hall–Kier alpha value is -4.02. The number of rotatable bonds is 9. The van der Waals surface area contributed by atoms with E-state index >= 15 is 0 Å². The third-order valence-electron chi connectivity index (χ3n) is 6.06. The van der Waals surface area contributed by atoms with E-state index in [0.717, 1.165) is 24.1 Å². The number of alkyl halides is 3. The summed E-state index contributed by atoms with van der Waals surface area (Å²) in [6.45, 7) is 1.89. The van der Waals surface area contributed by atoms with Crippen LogP contribution in [0.3, 0.4) is 0 Å². The average Bonchev–Trinajstić information content (AvgIpc) is 3.36. The van der Waals surface area contributed by atoms with Gasteiger partial charge in [-0.15, -0.1) is 0 Å². The maximum Gasteiger partial charge on any atom is 0.416 e. The summed E-state index contributed by atoms with van der Waals surface area (Å²) in [5.41, 5.74) is 1.32. The van der Waals surface area contributed by atoms with Gasteiger partial charge in [0.05, 0.1) is 27.0 Å². The molecule has 0 saturated heterocycles. The molecule has 2 N–H and O–H groups in total. The highest BCUT2D eigenvalue weighted by Crippen LogP contribution is 2.30. The molecule has 0 spiro atoms. The van der Waals surface area contributed by atoms with Gasteiger partial charge in [0.1, 0.15) is 12.4 Å². The van der Waals surface area contributed by atoms with E-state index in [9.17, 15) is 22.8 Å². The van der Waals surface area contributed by atoms with Crippen molar-refractivity contribution in [3.63, 3.8) is 0 Å². The quantitative estimate of drug-likeness (QED) is 0.203. The number of anilines is 2. The maximum absolute atomic E-state index is 13.2. The lowest BCUT2D eigenvalue weighted by atomic mass is 10.1. The van der Waals surface area contributed by atoms with Crippen molar-refractivity contribution in [1.29, 1.82) is 0 Å². The Bertz CT molecular complexity index is 1510. The molecular formula is C29H26Cl2F3N5O2. The molecule has 0 radical (unpaired) electrons. The number of carbonyl (C=O) groups is 2. The first-order valence-electron chi connectivity index (χ1n) is 12.7. The van der Waals surface area contributed by atoms with Crippen LogP contribution in [0.1, 0.15) is 25.3 Å². The maximum atomic E-state index is 13.2. The summed E-state index contributed by atoms with van der Waals surface area (Å²) >= 11 is 12.3. The third-order valence-corrected chi connectivity index (χ3v) is 6.80. The first kappa shape index (κ1) is 30.0. The zero-order valence-corrected chi connectivity index (χ0v) is 23.4. The smallest absolute Gasteiger partial charge is 0.315 e. The standard InChI is InChI=1S/C29H26Cl2F3N5O2/c1-2-3-15-38(28(41)35-21-11-9-20(10-12-21)29(32,33)34)18-27(40)36-26-17-25(19-7-5-4-6-8-19)37-39(26)22-13-14-23(30)24(31)16-22/h4-14,16-17H,2-3,15,18H2,1H3,(H,35,41)(H,36,40). The van der Waals surface area contributed by atoms with Crippen molar-refractivity contribution < 1.29 is 22.8 Å². The number of halogens is 5. The number of nitrogens with zero attached hydrogens (tertiary/aromatic N) is 3. The van der Waals surface area contributed by atoms with Gasteiger partial charge in [-0.2, -0.15) is 18.3 Å². The third kappa shape index (κ3) is 7.80. The Kier molecular flexibility index (Phi) is 9.57. The van der Waals surface area contributed by atoms with Gasteiger partial charge in [-0.05, 0) is 48.9 Å². The summed E-state index contributed by atoms with van der Waals surface area (Å²) in [5, 5.41) is 10.7. The number of amides is 3. The number of hydrogen-bond donors (Lipinski definition) is 2. The molecule has 0 aliphatic heterocycles. The fourth-order valence-corrected chi connectivity index (χ4v) is 4.23. The molecule has 3 amide bonds. The zero-order valence-electron chi connectivity index (χ0n) is 21.9. The number of unbranched alkanes of at least 4 members (excludes halogenated alkanes) is 1. The van der Waals surface area contributed by atoms with Crippen molar-refractivity contribution in [3.05, 3.63) is 94.5 Å². The van der Waals surface area contributed by atoms with Gasteiger partial charge in [0.25, 0.3) is 0 Å². The normalized spacial score (nSPS) is 11.3. The number of carbonyl (C=O) groups excluding carboxylic acids is 2. The molecule has 0 unspecified atom stereocenters. The minimum absolute atomic E-state index is 0.176. The molecule has 0 aliphatic rings. The predicted octanol–water partition coefficient (Wildman–Crippen LogP) is 8.14. The second kappa shape index (κ2) is 13.1. The lowest BCUT2D eigenvalue weighted by molar-refractivity contribution is -0.137. The molecule has 1 heterocycles. The molecule has 7 nitrogen and oxygen atoms in total. The molecule has 0 bridgehead atoms. The van der Waals surface area contributed by atoms with Gasteiger partial charge in [0, 0.05) is 23.9 Å². The Morgan fingerprint density at radius 1 is 0.927 bits per heavy atom. The highest BCUT2D eigenvalue weighted by Gasteiger charge is 2.30. The van der Waals surface area contributed by atoms with Gasteiger partial charge in [-0.3, -0.25) is 4.79 Å². The second-order valence-corrected chi connectivity index (χ2v) is 9.93. The molecule has 0 saturated carbocycles. The Morgan fingerprint density at radius 2 is 1.63 bits per heavy atom. The molecule has 1 aromatic heterocycles. The molecule has 41 heavy (non-hydrogen) atoms. The number of aromatic nitrogens is 2. The summed E-state index contributed by atoms with van der Waals surface area (Å²) in [6.07, 6.45) is -3.11. The van der Waals surface area contributed by atoms with E-state index in [2.05, 4.69) is 15.7 Å².